The zero-order chi connectivity index (χ0) is 21.0. The standard InChI is InChI=1S/C25H21N3O3/c29-23(18-12-14-22(15-13-18)30-21-8-2-1-3-9-21)26-25-28-27-24(31-25)20-11-10-17-6-4-5-7-19(17)16-20/h1-3,8-16H,4-7H2,(H,26,28,29). The maximum Gasteiger partial charge on any atom is 0.322 e. The lowest BCUT2D eigenvalue weighted by atomic mass is 9.90. The minimum Gasteiger partial charge on any atom is -0.457 e. The Morgan fingerprint density at radius 2 is 1.58 bits per heavy atom. The average molecular weight is 411 g/mol. The van der Waals surface area contributed by atoms with Gasteiger partial charge in [0.25, 0.3) is 5.91 Å². The molecule has 4 aromatic rings. The van der Waals surface area contributed by atoms with Crippen molar-refractivity contribution < 1.29 is 13.9 Å². The lowest BCUT2D eigenvalue weighted by molar-refractivity contribution is 0.102. The molecule has 1 aliphatic carbocycles. The molecule has 3 aromatic carbocycles. The van der Waals surface area contributed by atoms with Crippen LogP contribution in [0.15, 0.2) is 77.2 Å². The van der Waals surface area contributed by atoms with Crippen LogP contribution in [-0.2, 0) is 12.8 Å². The van der Waals surface area contributed by atoms with Gasteiger partial charge in [0.05, 0.1) is 0 Å². The number of hydrogen-bond acceptors (Lipinski definition) is 5. The first-order valence-corrected chi connectivity index (χ1v) is 10.3. The molecule has 0 spiro atoms. The smallest absolute Gasteiger partial charge is 0.322 e. The molecule has 1 amide bonds. The summed E-state index contributed by atoms with van der Waals surface area (Å²) in [4.78, 5) is 12.5. The fourth-order valence-corrected chi connectivity index (χ4v) is 3.73. The summed E-state index contributed by atoms with van der Waals surface area (Å²) in [5.41, 5.74) is 4.07. The lowest BCUT2D eigenvalue weighted by Crippen LogP contribution is -2.11. The quantitative estimate of drug-likeness (QED) is 0.458. The number of nitrogens with one attached hydrogen (secondary N) is 1. The van der Waals surface area contributed by atoms with E-state index >= 15 is 0 Å². The number of fused-ring (bicyclic) bond motifs is 1. The Morgan fingerprint density at radius 1 is 0.839 bits per heavy atom. The highest BCUT2D eigenvalue weighted by molar-refractivity contribution is 6.03. The third-order valence-electron chi connectivity index (χ3n) is 5.34. The number of para-hydroxylation sites is 1. The van der Waals surface area contributed by atoms with Crippen LogP contribution < -0.4 is 10.1 Å². The highest BCUT2D eigenvalue weighted by atomic mass is 16.5. The van der Waals surface area contributed by atoms with E-state index in [-0.39, 0.29) is 11.9 Å². The zero-order valence-electron chi connectivity index (χ0n) is 16.9. The number of hydrogen-bond donors (Lipinski definition) is 1. The highest BCUT2D eigenvalue weighted by Crippen LogP contribution is 2.28. The van der Waals surface area contributed by atoms with Gasteiger partial charge in [0, 0.05) is 11.1 Å². The normalized spacial score (nSPS) is 12.8. The summed E-state index contributed by atoms with van der Waals surface area (Å²) < 4.78 is 11.4. The minimum absolute atomic E-state index is 0.0716. The Bertz CT molecular complexity index is 1200. The van der Waals surface area contributed by atoms with Crippen molar-refractivity contribution in [2.75, 3.05) is 5.32 Å². The van der Waals surface area contributed by atoms with E-state index < -0.39 is 0 Å². The molecule has 6 nitrogen and oxygen atoms in total. The molecule has 1 aromatic heterocycles. The van der Waals surface area contributed by atoms with Crippen LogP contribution in [0.5, 0.6) is 11.5 Å². The van der Waals surface area contributed by atoms with E-state index in [1.807, 2.05) is 36.4 Å². The first kappa shape index (κ1) is 19.1. The number of ether oxygens (including phenoxy) is 1. The Balaban J connectivity index is 1.25. The maximum absolute atomic E-state index is 12.5. The van der Waals surface area contributed by atoms with Gasteiger partial charge in [-0.2, -0.15) is 0 Å². The molecule has 0 aliphatic heterocycles. The van der Waals surface area contributed by atoms with Crippen molar-refractivity contribution in [3.63, 3.8) is 0 Å². The van der Waals surface area contributed by atoms with Crippen LogP contribution in [0.2, 0.25) is 0 Å². The number of carbonyl (C=O) groups excluding carboxylic acids is 1. The molecule has 1 heterocycles. The second-order valence-electron chi connectivity index (χ2n) is 7.50. The third-order valence-corrected chi connectivity index (χ3v) is 5.34. The molecule has 0 radical (unpaired) electrons. The molecule has 154 valence electrons. The third kappa shape index (κ3) is 4.33. The van der Waals surface area contributed by atoms with Crippen LogP contribution in [0.25, 0.3) is 11.5 Å². The van der Waals surface area contributed by atoms with Crippen molar-refractivity contribution >= 4 is 11.9 Å². The molecule has 1 aliphatic rings. The number of nitrogens with zero attached hydrogens (tertiary/aromatic N) is 2. The molecule has 0 bridgehead atoms. The number of anilines is 1. The van der Waals surface area contributed by atoms with Gasteiger partial charge in [0.1, 0.15) is 11.5 Å². The number of aryl methyl sites for hydroxylation is 2. The molecular formula is C25H21N3O3. The van der Waals surface area contributed by atoms with Crippen molar-refractivity contribution in [3.05, 3.63) is 89.5 Å². The minimum atomic E-state index is -0.327. The Hall–Kier alpha value is -3.93. The van der Waals surface area contributed by atoms with Crippen molar-refractivity contribution in [1.29, 1.82) is 0 Å². The summed E-state index contributed by atoms with van der Waals surface area (Å²) in [7, 11) is 0. The molecule has 5 rings (SSSR count). The number of carbonyl (C=O) groups is 1. The van der Waals surface area contributed by atoms with Gasteiger partial charge in [0.2, 0.25) is 5.89 Å². The van der Waals surface area contributed by atoms with Crippen molar-refractivity contribution in [3.8, 4) is 23.0 Å². The molecule has 0 saturated carbocycles. The Labute approximate surface area is 179 Å². The largest absolute Gasteiger partial charge is 0.457 e. The predicted octanol–water partition coefficient (Wildman–Crippen LogP) is 5.66. The van der Waals surface area contributed by atoms with Gasteiger partial charge in [-0.25, -0.2) is 0 Å². The SMILES string of the molecule is O=C(Nc1nnc(-c2ccc3c(c2)CCCC3)o1)c1ccc(Oc2ccccc2)cc1. The molecule has 0 fully saturated rings. The second-order valence-corrected chi connectivity index (χ2v) is 7.50. The Morgan fingerprint density at radius 3 is 2.39 bits per heavy atom. The molecule has 31 heavy (non-hydrogen) atoms. The molecular weight excluding hydrogens is 390 g/mol. The summed E-state index contributed by atoms with van der Waals surface area (Å²) in [5.74, 6) is 1.46. The van der Waals surface area contributed by atoms with Crippen LogP contribution in [0, 0.1) is 0 Å². The van der Waals surface area contributed by atoms with Crippen molar-refractivity contribution in [2.24, 2.45) is 0 Å². The fourth-order valence-electron chi connectivity index (χ4n) is 3.73. The van der Waals surface area contributed by atoms with Crippen LogP contribution in [-0.4, -0.2) is 16.1 Å². The fraction of sp³-hybridized carbons (Fsp3) is 0.160. The number of benzene rings is 3. The van der Waals surface area contributed by atoms with Gasteiger partial charge in [0.15, 0.2) is 0 Å². The zero-order valence-corrected chi connectivity index (χ0v) is 16.9. The molecule has 0 atom stereocenters. The van der Waals surface area contributed by atoms with Gasteiger partial charge >= 0.3 is 6.01 Å². The first-order chi connectivity index (χ1) is 15.2. The first-order valence-electron chi connectivity index (χ1n) is 10.3. The summed E-state index contributed by atoms with van der Waals surface area (Å²) in [6, 6.07) is 22.6. The average Bonchev–Trinajstić information content (AvgIpc) is 3.28. The predicted molar refractivity (Wildman–Crippen MR) is 117 cm³/mol. The molecule has 6 heteroatoms. The Kier molecular flexibility index (Phi) is 5.19. The second kappa shape index (κ2) is 8.44. The number of aromatic nitrogens is 2. The summed E-state index contributed by atoms with van der Waals surface area (Å²) in [5, 5.41) is 10.7. The number of amides is 1. The van der Waals surface area contributed by atoms with Crippen LogP contribution in [0.1, 0.15) is 34.3 Å². The summed E-state index contributed by atoms with van der Waals surface area (Å²) >= 11 is 0. The molecule has 0 unspecified atom stereocenters. The van der Waals surface area contributed by atoms with Crippen LogP contribution >= 0.6 is 0 Å². The van der Waals surface area contributed by atoms with E-state index in [1.165, 1.54) is 24.0 Å². The van der Waals surface area contributed by atoms with E-state index in [1.54, 1.807) is 24.3 Å². The van der Waals surface area contributed by atoms with E-state index in [4.69, 9.17) is 9.15 Å². The molecule has 1 N–H and O–H groups in total. The highest BCUT2D eigenvalue weighted by Gasteiger charge is 2.15. The molecule has 0 saturated heterocycles. The van der Waals surface area contributed by atoms with Crippen LogP contribution in [0.3, 0.4) is 0 Å². The monoisotopic (exact) mass is 411 g/mol. The number of rotatable bonds is 5. The van der Waals surface area contributed by atoms with Gasteiger partial charge in [-0.15, -0.1) is 5.10 Å². The topological polar surface area (TPSA) is 77.3 Å². The summed E-state index contributed by atoms with van der Waals surface area (Å²) in [6.07, 6.45) is 4.64. The van der Waals surface area contributed by atoms with E-state index in [0.717, 1.165) is 24.2 Å². The van der Waals surface area contributed by atoms with Crippen molar-refractivity contribution in [2.45, 2.75) is 25.7 Å². The van der Waals surface area contributed by atoms with Gasteiger partial charge < -0.3 is 9.15 Å². The van der Waals surface area contributed by atoms with E-state index in [9.17, 15) is 4.79 Å². The van der Waals surface area contributed by atoms with E-state index in [0.29, 0.717) is 17.2 Å². The van der Waals surface area contributed by atoms with Crippen LogP contribution in [0.4, 0.5) is 6.01 Å². The van der Waals surface area contributed by atoms with Gasteiger partial charge in [-0.05, 0) is 85.3 Å². The van der Waals surface area contributed by atoms with Gasteiger partial charge in [-0.1, -0.05) is 29.4 Å². The maximum atomic E-state index is 12.5. The van der Waals surface area contributed by atoms with Gasteiger partial charge in [-0.3, -0.25) is 10.1 Å². The lowest BCUT2D eigenvalue weighted by Gasteiger charge is -2.15. The van der Waals surface area contributed by atoms with Crippen molar-refractivity contribution in [1.82, 2.24) is 10.2 Å². The summed E-state index contributed by atoms with van der Waals surface area (Å²) in [6.45, 7) is 0. The van der Waals surface area contributed by atoms with E-state index in [2.05, 4.69) is 27.6 Å².